The largest absolute Gasteiger partial charge is 0.332 e. The molecule has 0 radical (unpaired) electrons. The van der Waals surface area contributed by atoms with Crippen LogP contribution in [0.4, 0.5) is 13.2 Å². The summed E-state index contributed by atoms with van der Waals surface area (Å²) < 4.78 is 43.9. The van der Waals surface area contributed by atoms with Crippen molar-refractivity contribution in [1.29, 1.82) is 0 Å². The number of halogens is 3. The van der Waals surface area contributed by atoms with Crippen molar-refractivity contribution in [2.75, 3.05) is 6.54 Å². The summed E-state index contributed by atoms with van der Waals surface area (Å²) >= 11 is 0. The Morgan fingerprint density at radius 1 is 1.17 bits per heavy atom. The van der Waals surface area contributed by atoms with Gasteiger partial charge in [-0.3, -0.25) is 9.48 Å². The van der Waals surface area contributed by atoms with Crippen LogP contribution in [0.5, 0.6) is 0 Å². The zero-order valence-corrected chi connectivity index (χ0v) is 15.8. The molecule has 1 amide bonds. The van der Waals surface area contributed by atoms with Crippen LogP contribution in [0.1, 0.15) is 21.6 Å². The molecule has 10 heteroatoms. The highest BCUT2D eigenvalue weighted by Crippen LogP contribution is 2.32. The van der Waals surface area contributed by atoms with Crippen molar-refractivity contribution in [3.05, 3.63) is 71.1 Å². The molecular formula is C20H15F3N6O. The lowest BCUT2D eigenvalue weighted by Crippen LogP contribution is -2.36. The van der Waals surface area contributed by atoms with Gasteiger partial charge >= 0.3 is 0 Å². The molecule has 7 nitrogen and oxygen atoms in total. The van der Waals surface area contributed by atoms with Gasteiger partial charge in [-0.25, -0.2) is 22.7 Å². The Morgan fingerprint density at radius 3 is 2.70 bits per heavy atom. The molecule has 1 aliphatic rings. The molecule has 0 N–H and O–H groups in total. The van der Waals surface area contributed by atoms with Crippen molar-refractivity contribution in [1.82, 2.24) is 29.3 Å². The molecule has 5 rings (SSSR count). The number of hydrogen-bond donors (Lipinski definition) is 0. The van der Waals surface area contributed by atoms with E-state index in [1.807, 2.05) is 0 Å². The van der Waals surface area contributed by atoms with Gasteiger partial charge < -0.3 is 4.90 Å². The molecule has 0 unspecified atom stereocenters. The van der Waals surface area contributed by atoms with Gasteiger partial charge in [0.05, 0.1) is 24.1 Å². The summed E-state index contributed by atoms with van der Waals surface area (Å²) in [5, 5.41) is 8.58. The van der Waals surface area contributed by atoms with Crippen LogP contribution in [-0.2, 0) is 20.0 Å². The van der Waals surface area contributed by atoms with Crippen LogP contribution in [0.2, 0.25) is 0 Å². The minimum Gasteiger partial charge on any atom is -0.332 e. The number of nitrogens with zero attached hydrogens (tertiary/aromatic N) is 6. The Bertz CT molecular complexity index is 1290. The summed E-state index contributed by atoms with van der Waals surface area (Å²) in [5.74, 6) is -4.24. The van der Waals surface area contributed by atoms with Gasteiger partial charge in [0.15, 0.2) is 23.1 Å². The van der Waals surface area contributed by atoms with Gasteiger partial charge in [0, 0.05) is 37.1 Å². The topological polar surface area (TPSA) is 68.3 Å². The van der Waals surface area contributed by atoms with Crippen LogP contribution in [0.15, 0.2) is 36.8 Å². The molecule has 0 saturated heterocycles. The minimum absolute atomic E-state index is 0.203. The van der Waals surface area contributed by atoms with E-state index in [1.165, 1.54) is 15.4 Å². The Labute approximate surface area is 168 Å². The van der Waals surface area contributed by atoms with E-state index < -0.39 is 17.5 Å². The first-order chi connectivity index (χ1) is 14.4. The second-order valence-corrected chi connectivity index (χ2v) is 7.07. The smallest absolute Gasteiger partial charge is 0.259 e. The fraction of sp³-hybridized carbons (Fsp3) is 0.200. The van der Waals surface area contributed by atoms with Crippen molar-refractivity contribution in [3.8, 4) is 11.3 Å². The van der Waals surface area contributed by atoms with E-state index in [0.717, 1.165) is 17.7 Å². The van der Waals surface area contributed by atoms with E-state index in [4.69, 9.17) is 0 Å². The minimum atomic E-state index is -1.51. The number of aryl methyl sites for hydroxylation is 1. The van der Waals surface area contributed by atoms with Gasteiger partial charge in [-0.05, 0) is 24.6 Å². The predicted molar refractivity (Wildman–Crippen MR) is 99.9 cm³/mol. The molecule has 0 atom stereocenters. The van der Waals surface area contributed by atoms with Crippen LogP contribution in [-0.4, -0.2) is 41.7 Å². The summed E-state index contributed by atoms with van der Waals surface area (Å²) in [7, 11) is 1.65. The molecule has 0 aliphatic carbocycles. The van der Waals surface area contributed by atoms with Crippen molar-refractivity contribution >= 4 is 11.6 Å². The zero-order chi connectivity index (χ0) is 21.0. The molecule has 0 fully saturated rings. The molecule has 30 heavy (non-hydrogen) atoms. The molecule has 0 bridgehead atoms. The third-order valence-electron chi connectivity index (χ3n) is 5.26. The summed E-state index contributed by atoms with van der Waals surface area (Å²) in [6.07, 6.45) is 5.22. The molecule has 4 heterocycles. The van der Waals surface area contributed by atoms with Crippen molar-refractivity contribution in [2.24, 2.45) is 7.05 Å². The summed E-state index contributed by atoms with van der Waals surface area (Å²) in [6, 6.07) is 3.63. The number of amides is 1. The molecule has 4 aromatic rings. The number of aromatic nitrogens is 5. The fourth-order valence-electron chi connectivity index (χ4n) is 3.89. The number of benzene rings is 1. The first-order valence-electron chi connectivity index (χ1n) is 9.21. The molecule has 1 aliphatic heterocycles. The number of fused-ring (bicyclic) bond motifs is 2. The highest BCUT2D eigenvalue weighted by molar-refractivity contribution is 5.99. The van der Waals surface area contributed by atoms with Gasteiger partial charge in [-0.15, -0.1) is 0 Å². The SMILES string of the molecule is Cn1nc2c(c1-c1cc(F)c(F)c(F)c1)CCN(C(=O)c1cnn3cccnc13)C2. The second-order valence-electron chi connectivity index (χ2n) is 7.07. The van der Waals surface area contributed by atoms with E-state index in [1.54, 1.807) is 30.4 Å². The fourth-order valence-corrected chi connectivity index (χ4v) is 3.89. The maximum atomic E-state index is 13.7. The van der Waals surface area contributed by atoms with Crippen LogP contribution in [0, 0.1) is 17.5 Å². The van der Waals surface area contributed by atoms with E-state index in [0.29, 0.717) is 35.6 Å². The summed E-state index contributed by atoms with van der Waals surface area (Å²) in [6.45, 7) is 0.624. The Morgan fingerprint density at radius 2 is 1.93 bits per heavy atom. The summed E-state index contributed by atoms with van der Waals surface area (Å²) in [5.41, 5.74) is 2.97. The number of hydrogen-bond acceptors (Lipinski definition) is 4. The number of carbonyl (C=O) groups excluding carboxylic acids is 1. The highest BCUT2D eigenvalue weighted by atomic mass is 19.2. The summed E-state index contributed by atoms with van der Waals surface area (Å²) in [4.78, 5) is 18.9. The van der Waals surface area contributed by atoms with Crippen LogP contribution >= 0.6 is 0 Å². The maximum Gasteiger partial charge on any atom is 0.259 e. The van der Waals surface area contributed by atoms with Gasteiger partial charge in [0.1, 0.15) is 5.56 Å². The normalized spacial score (nSPS) is 13.7. The Kier molecular flexibility index (Phi) is 4.09. The third kappa shape index (κ3) is 2.75. The Hall–Kier alpha value is -3.69. The van der Waals surface area contributed by atoms with Crippen LogP contribution in [0.3, 0.4) is 0 Å². The second kappa shape index (κ2) is 6.68. The van der Waals surface area contributed by atoms with E-state index in [-0.39, 0.29) is 18.0 Å². The lowest BCUT2D eigenvalue weighted by atomic mass is 9.99. The maximum absolute atomic E-state index is 13.7. The molecule has 0 saturated carbocycles. The first kappa shape index (κ1) is 18.3. The molecule has 152 valence electrons. The van der Waals surface area contributed by atoms with Crippen LogP contribution < -0.4 is 0 Å². The highest BCUT2D eigenvalue weighted by Gasteiger charge is 2.29. The number of carbonyl (C=O) groups is 1. The van der Waals surface area contributed by atoms with Crippen molar-refractivity contribution in [2.45, 2.75) is 13.0 Å². The van der Waals surface area contributed by atoms with E-state index in [2.05, 4.69) is 15.2 Å². The number of rotatable bonds is 2. The van der Waals surface area contributed by atoms with E-state index in [9.17, 15) is 18.0 Å². The lowest BCUT2D eigenvalue weighted by molar-refractivity contribution is 0.0734. The van der Waals surface area contributed by atoms with Crippen molar-refractivity contribution < 1.29 is 18.0 Å². The van der Waals surface area contributed by atoms with Gasteiger partial charge in [0.2, 0.25) is 0 Å². The monoisotopic (exact) mass is 412 g/mol. The molecule has 0 spiro atoms. The third-order valence-corrected chi connectivity index (χ3v) is 5.26. The van der Waals surface area contributed by atoms with Gasteiger partial charge in [0.25, 0.3) is 5.91 Å². The standard InChI is InChI=1S/C20H15F3N6O/c1-27-18(11-7-14(21)17(23)15(22)8-11)12-3-6-28(10-16(12)26-27)20(30)13-9-25-29-5-2-4-24-19(13)29/h2,4-5,7-9H,3,6,10H2,1H3. The average Bonchev–Trinajstić information content (AvgIpc) is 3.30. The zero-order valence-electron chi connectivity index (χ0n) is 15.8. The molecule has 1 aromatic carbocycles. The van der Waals surface area contributed by atoms with Crippen molar-refractivity contribution in [3.63, 3.8) is 0 Å². The van der Waals surface area contributed by atoms with E-state index >= 15 is 0 Å². The van der Waals surface area contributed by atoms with Gasteiger partial charge in [-0.1, -0.05) is 0 Å². The van der Waals surface area contributed by atoms with Gasteiger partial charge in [-0.2, -0.15) is 10.2 Å². The average molecular weight is 412 g/mol. The predicted octanol–water partition coefficient (Wildman–Crippen LogP) is 2.75. The molecular weight excluding hydrogens is 397 g/mol. The lowest BCUT2D eigenvalue weighted by Gasteiger charge is -2.26. The molecule has 3 aromatic heterocycles. The first-order valence-corrected chi connectivity index (χ1v) is 9.21. The van der Waals surface area contributed by atoms with Crippen LogP contribution in [0.25, 0.3) is 16.9 Å². The quantitative estimate of drug-likeness (QED) is 0.475. The Balaban J connectivity index is 1.49.